The van der Waals surface area contributed by atoms with Crippen molar-refractivity contribution in [3.05, 3.63) is 52.8 Å². The third-order valence-electron chi connectivity index (χ3n) is 2.46. The van der Waals surface area contributed by atoms with Crippen molar-refractivity contribution in [2.75, 3.05) is 11.1 Å². The summed E-state index contributed by atoms with van der Waals surface area (Å²) < 4.78 is 0. The maximum atomic E-state index is 12.0. The minimum Gasteiger partial charge on any atom is -0.399 e. The predicted octanol–water partition coefficient (Wildman–Crippen LogP) is 2.88. The zero-order chi connectivity index (χ0) is 13.1. The number of pyridine rings is 1. The fourth-order valence-electron chi connectivity index (χ4n) is 1.54. The van der Waals surface area contributed by atoms with Gasteiger partial charge in [-0.15, -0.1) is 0 Å². The van der Waals surface area contributed by atoms with E-state index in [1.54, 1.807) is 30.5 Å². The van der Waals surface area contributed by atoms with Gasteiger partial charge in [0.2, 0.25) is 0 Å². The lowest BCUT2D eigenvalue weighted by molar-refractivity contribution is 0.102. The van der Waals surface area contributed by atoms with Crippen LogP contribution in [0.25, 0.3) is 0 Å². The smallest absolute Gasteiger partial charge is 0.274 e. The molecular weight excluding hydrogens is 250 g/mol. The van der Waals surface area contributed by atoms with Crippen LogP contribution < -0.4 is 11.1 Å². The standard InChI is InChI=1S/C13H12ClN3O/c1-8-3-2-6-16-12(8)13(18)17-11-7-9(15)4-5-10(11)14/h2-7H,15H2,1H3,(H,17,18). The molecule has 0 atom stereocenters. The lowest BCUT2D eigenvalue weighted by Crippen LogP contribution is -2.15. The Kier molecular flexibility index (Phi) is 3.48. The van der Waals surface area contributed by atoms with Crippen LogP contribution >= 0.6 is 11.6 Å². The van der Waals surface area contributed by atoms with Crippen molar-refractivity contribution in [1.29, 1.82) is 0 Å². The number of aromatic nitrogens is 1. The fourth-order valence-corrected chi connectivity index (χ4v) is 1.71. The van der Waals surface area contributed by atoms with E-state index in [0.717, 1.165) is 5.56 Å². The van der Waals surface area contributed by atoms with E-state index in [0.29, 0.717) is 22.1 Å². The summed E-state index contributed by atoms with van der Waals surface area (Å²) in [6.45, 7) is 1.82. The quantitative estimate of drug-likeness (QED) is 0.817. The Morgan fingerprint density at radius 3 is 2.89 bits per heavy atom. The maximum Gasteiger partial charge on any atom is 0.274 e. The molecule has 0 spiro atoms. The molecule has 0 aliphatic heterocycles. The van der Waals surface area contributed by atoms with Crippen molar-refractivity contribution in [3.8, 4) is 0 Å². The highest BCUT2D eigenvalue weighted by Gasteiger charge is 2.12. The van der Waals surface area contributed by atoms with E-state index in [-0.39, 0.29) is 5.91 Å². The van der Waals surface area contributed by atoms with Crippen molar-refractivity contribution >= 4 is 28.9 Å². The number of carbonyl (C=O) groups is 1. The molecule has 0 unspecified atom stereocenters. The van der Waals surface area contributed by atoms with E-state index >= 15 is 0 Å². The number of rotatable bonds is 2. The van der Waals surface area contributed by atoms with Gasteiger partial charge in [0.15, 0.2) is 0 Å². The van der Waals surface area contributed by atoms with Crippen LogP contribution in [0.3, 0.4) is 0 Å². The van der Waals surface area contributed by atoms with Crippen LogP contribution in [0.15, 0.2) is 36.5 Å². The number of amides is 1. The number of nitrogens with one attached hydrogen (secondary N) is 1. The monoisotopic (exact) mass is 261 g/mol. The number of halogens is 1. The molecule has 0 aliphatic carbocycles. The van der Waals surface area contributed by atoms with Crippen LogP contribution in [0, 0.1) is 6.92 Å². The van der Waals surface area contributed by atoms with Gasteiger partial charge in [0.25, 0.3) is 5.91 Å². The molecule has 2 rings (SSSR count). The van der Waals surface area contributed by atoms with Crippen molar-refractivity contribution in [3.63, 3.8) is 0 Å². The molecular formula is C13H12ClN3O. The molecule has 0 bridgehead atoms. The van der Waals surface area contributed by atoms with Gasteiger partial charge < -0.3 is 11.1 Å². The first-order valence-electron chi connectivity index (χ1n) is 5.36. The SMILES string of the molecule is Cc1cccnc1C(=O)Nc1cc(N)ccc1Cl. The number of nitrogen functional groups attached to an aromatic ring is 1. The summed E-state index contributed by atoms with van der Waals surface area (Å²) in [6, 6.07) is 8.52. The van der Waals surface area contributed by atoms with Gasteiger partial charge in [0.05, 0.1) is 10.7 Å². The van der Waals surface area contributed by atoms with E-state index in [1.807, 2.05) is 13.0 Å². The fraction of sp³-hybridized carbons (Fsp3) is 0.0769. The Bertz CT molecular complexity index is 599. The summed E-state index contributed by atoms with van der Waals surface area (Å²) >= 11 is 5.98. The normalized spacial score (nSPS) is 10.1. The Labute approximate surface area is 110 Å². The summed E-state index contributed by atoms with van der Waals surface area (Å²) in [5, 5.41) is 3.13. The predicted molar refractivity (Wildman–Crippen MR) is 72.8 cm³/mol. The van der Waals surface area contributed by atoms with Crippen LogP contribution in [-0.4, -0.2) is 10.9 Å². The summed E-state index contributed by atoms with van der Waals surface area (Å²) in [5.74, 6) is -0.305. The summed E-state index contributed by atoms with van der Waals surface area (Å²) in [6.07, 6.45) is 1.57. The second kappa shape index (κ2) is 5.06. The highest BCUT2D eigenvalue weighted by molar-refractivity contribution is 6.34. The van der Waals surface area contributed by atoms with Gasteiger partial charge >= 0.3 is 0 Å². The summed E-state index contributed by atoms with van der Waals surface area (Å²) in [5.41, 5.74) is 7.83. The maximum absolute atomic E-state index is 12.0. The van der Waals surface area contributed by atoms with Crippen LogP contribution in [0.5, 0.6) is 0 Å². The first-order chi connectivity index (χ1) is 8.58. The summed E-state index contributed by atoms with van der Waals surface area (Å²) in [4.78, 5) is 16.1. The van der Waals surface area contributed by atoms with E-state index in [4.69, 9.17) is 17.3 Å². The Morgan fingerprint density at radius 2 is 2.17 bits per heavy atom. The van der Waals surface area contributed by atoms with E-state index in [9.17, 15) is 4.79 Å². The van der Waals surface area contributed by atoms with Crippen molar-refractivity contribution < 1.29 is 4.79 Å². The Morgan fingerprint density at radius 1 is 1.39 bits per heavy atom. The van der Waals surface area contributed by atoms with Gasteiger partial charge in [-0.25, -0.2) is 0 Å². The number of nitrogens with two attached hydrogens (primary N) is 1. The zero-order valence-corrected chi connectivity index (χ0v) is 10.5. The first kappa shape index (κ1) is 12.4. The van der Waals surface area contributed by atoms with Crippen molar-refractivity contribution in [2.24, 2.45) is 0 Å². The molecule has 1 heterocycles. The highest BCUT2D eigenvalue weighted by atomic mass is 35.5. The van der Waals surface area contributed by atoms with Gasteiger partial charge in [0, 0.05) is 11.9 Å². The second-order valence-electron chi connectivity index (χ2n) is 3.86. The highest BCUT2D eigenvalue weighted by Crippen LogP contribution is 2.24. The number of nitrogens with zero attached hydrogens (tertiary/aromatic N) is 1. The largest absolute Gasteiger partial charge is 0.399 e. The van der Waals surface area contributed by atoms with Crippen molar-refractivity contribution in [2.45, 2.75) is 6.92 Å². The molecule has 1 aromatic heterocycles. The molecule has 1 amide bonds. The molecule has 92 valence electrons. The van der Waals surface area contributed by atoms with E-state index in [1.165, 1.54) is 0 Å². The van der Waals surface area contributed by atoms with Gasteiger partial charge in [-0.05, 0) is 36.8 Å². The number of benzene rings is 1. The molecule has 4 nitrogen and oxygen atoms in total. The number of hydrogen-bond donors (Lipinski definition) is 2. The van der Waals surface area contributed by atoms with E-state index < -0.39 is 0 Å². The third-order valence-corrected chi connectivity index (χ3v) is 2.79. The topological polar surface area (TPSA) is 68.0 Å². The molecule has 5 heteroatoms. The second-order valence-corrected chi connectivity index (χ2v) is 4.27. The molecule has 0 saturated heterocycles. The Balaban J connectivity index is 2.27. The minimum atomic E-state index is -0.305. The van der Waals surface area contributed by atoms with Gasteiger partial charge in [-0.3, -0.25) is 9.78 Å². The van der Waals surface area contributed by atoms with Crippen molar-refractivity contribution in [1.82, 2.24) is 4.98 Å². The minimum absolute atomic E-state index is 0.305. The van der Waals surface area contributed by atoms with Crippen LogP contribution in [-0.2, 0) is 0 Å². The lowest BCUT2D eigenvalue weighted by Gasteiger charge is -2.08. The molecule has 2 aromatic rings. The van der Waals surface area contributed by atoms with Gasteiger partial charge in [0.1, 0.15) is 5.69 Å². The third kappa shape index (κ3) is 2.60. The number of hydrogen-bond acceptors (Lipinski definition) is 3. The molecule has 0 aliphatic rings. The molecule has 18 heavy (non-hydrogen) atoms. The van der Waals surface area contributed by atoms with Gasteiger partial charge in [-0.2, -0.15) is 0 Å². The zero-order valence-electron chi connectivity index (χ0n) is 9.77. The first-order valence-corrected chi connectivity index (χ1v) is 5.73. The van der Waals surface area contributed by atoms with Crippen LogP contribution in [0.1, 0.15) is 16.1 Å². The average Bonchev–Trinajstić information content (AvgIpc) is 2.34. The molecule has 0 radical (unpaired) electrons. The van der Waals surface area contributed by atoms with Gasteiger partial charge in [-0.1, -0.05) is 17.7 Å². The molecule has 1 aromatic carbocycles. The number of carbonyl (C=O) groups excluding carboxylic acids is 1. The van der Waals surface area contributed by atoms with Crippen LogP contribution in [0.2, 0.25) is 5.02 Å². The number of aryl methyl sites for hydroxylation is 1. The molecule has 3 N–H and O–H groups in total. The molecule has 0 saturated carbocycles. The average molecular weight is 262 g/mol. The van der Waals surface area contributed by atoms with Crippen LogP contribution in [0.4, 0.5) is 11.4 Å². The number of anilines is 2. The molecule has 0 fully saturated rings. The van der Waals surface area contributed by atoms with E-state index in [2.05, 4.69) is 10.3 Å². The Hall–Kier alpha value is -2.07. The lowest BCUT2D eigenvalue weighted by atomic mass is 10.2. The summed E-state index contributed by atoms with van der Waals surface area (Å²) in [7, 11) is 0.